The number of carbonyl (C=O) groups excluding carboxylic acids is 2. The summed E-state index contributed by atoms with van der Waals surface area (Å²) in [7, 11) is 0. The average Bonchev–Trinajstić information content (AvgIpc) is 3.43. The van der Waals surface area contributed by atoms with Gasteiger partial charge in [0.2, 0.25) is 11.8 Å². The monoisotopic (exact) mass is 496 g/mol. The molecular weight excluding hydrogens is 476 g/mol. The molecule has 2 aromatic heterocycles. The van der Waals surface area contributed by atoms with Crippen LogP contribution in [-0.2, 0) is 16.1 Å². The molecule has 31 heavy (non-hydrogen) atoms. The van der Waals surface area contributed by atoms with Crippen LogP contribution in [0.4, 0.5) is 0 Å². The summed E-state index contributed by atoms with van der Waals surface area (Å²) in [4.78, 5) is 23.8. The van der Waals surface area contributed by atoms with Crippen molar-refractivity contribution < 1.29 is 14.0 Å². The number of thioether (sulfide) groups is 2. The molecule has 3 rings (SSSR count). The van der Waals surface area contributed by atoms with Crippen molar-refractivity contribution in [1.29, 1.82) is 0 Å². The molecule has 0 aliphatic heterocycles. The van der Waals surface area contributed by atoms with Gasteiger partial charge in [0.1, 0.15) is 11.5 Å². The first kappa shape index (κ1) is 23.6. The molecule has 0 aliphatic carbocycles. The van der Waals surface area contributed by atoms with Crippen molar-refractivity contribution in [1.82, 2.24) is 20.8 Å². The molecule has 2 N–H and O–H groups in total. The number of aromatic nitrogens is 2. The zero-order valence-electron chi connectivity index (χ0n) is 16.7. The van der Waals surface area contributed by atoms with Crippen LogP contribution in [0.25, 0.3) is 11.3 Å². The van der Waals surface area contributed by atoms with Crippen molar-refractivity contribution in [2.75, 3.05) is 18.1 Å². The minimum Gasteiger partial charge on any atom is -0.459 e. The molecule has 7 nitrogen and oxygen atoms in total. The zero-order valence-corrected chi connectivity index (χ0v) is 19.9. The number of hydrogen-bond acceptors (Lipinski definition) is 8. The fourth-order valence-corrected chi connectivity index (χ4v) is 5.17. The summed E-state index contributed by atoms with van der Waals surface area (Å²) in [6.45, 7) is 2.98. The third-order valence-electron chi connectivity index (χ3n) is 3.86. The number of amides is 2. The van der Waals surface area contributed by atoms with Crippen LogP contribution in [0.1, 0.15) is 19.1 Å². The minimum absolute atomic E-state index is 0.0206. The van der Waals surface area contributed by atoms with E-state index in [2.05, 4.69) is 20.8 Å². The highest BCUT2D eigenvalue weighted by atomic mass is 35.5. The first-order valence-corrected chi connectivity index (χ1v) is 12.7. The molecule has 0 atom stereocenters. The molecule has 164 valence electrons. The number of nitrogens with one attached hydrogen (secondary N) is 2. The van der Waals surface area contributed by atoms with Crippen molar-refractivity contribution in [3.63, 3.8) is 0 Å². The Bertz CT molecular complexity index is 1010. The van der Waals surface area contributed by atoms with Gasteiger partial charge in [0.05, 0.1) is 18.1 Å². The van der Waals surface area contributed by atoms with Gasteiger partial charge in [-0.2, -0.15) is 0 Å². The van der Waals surface area contributed by atoms with Crippen LogP contribution < -0.4 is 10.6 Å². The van der Waals surface area contributed by atoms with E-state index in [-0.39, 0.29) is 17.6 Å². The van der Waals surface area contributed by atoms with Crippen LogP contribution in [0.2, 0.25) is 5.02 Å². The van der Waals surface area contributed by atoms with Gasteiger partial charge < -0.3 is 15.1 Å². The Hall–Kier alpha value is -2.01. The molecule has 1 aromatic carbocycles. The molecule has 0 bridgehead atoms. The predicted octanol–water partition coefficient (Wildman–Crippen LogP) is 4.48. The van der Waals surface area contributed by atoms with Gasteiger partial charge in [0, 0.05) is 17.1 Å². The van der Waals surface area contributed by atoms with Crippen molar-refractivity contribution in [3.05, 3.63) is 47.2 Å². The highest BCUT2D eigenvalue weighted by Crippen LogP contribution is 2.28. The third-order valence-corrected chi connectivity index (χ3v) is 7.31. The summed E-state index contributed by atoms with van der Waals surface area (Å²) in [5.41, 5.74) is 0.922. The number of hydrogen-bond donors (Lipinski definition) is 2. The topological polar surface area (TPSA) is 97.1 Å². The maximum atomic E-state index is 12.1. The Morgan fingerprint density at radius 1 is 1.00 bits per heavy atom. The Kier molecular flexibility index (Phi) is 9.26. The molecule has 11 heteroatoms. The molecule has 0 radical (unpaired) electrons. The maximum absolute atomic E-state index is 12.1. The Labute approximate surface area is 197 Å². The molecule has 0 fully saturated rings. The van der Waals surface area contributed by atoms with Gasteiger partial charge in [-0.3, -0.25) is 9.59 Å². The van der Waals surface area contributed by atoms with E-state index in [4.69, 9.17) is 16.0 Å². The molecule has 0 saturated heterocycles. The summed E-state index contributed by atoms with van der Waals surface area (Å²) in [6, 6.07) is 11.1. The van der Waals surface area contributed by atoms with Crippen LogP contribution in [0.5, 0.6) is 0 Å². The van der Waals surface area contributed by atoms with E-state index in [1.807, 2.05) is 31.2 Å². The van der Waals surface area contributed by atoms with Crippen molar-refractivity contribution >= 4 is 58.3 Å². The fraction of sp³-hybridized carbons (Fsp3) is 0.300. The lowest BCUT2D eigenvalue weighted by molar-refractivity contribution is -0.119. The SMILES string of the molecule is CCCNC(=O)CSc1nnc(SCC(=O)NCc2ccc(-c3ccc(Cl)cc3)o2)s1. The molecular formula is C20H21ClN4O3S3. The summed E-state index contributed by atoms with van der Waals surface area (Å²) in [5, 5.41) is 14.4. The van der Waals surface area contributed by atoms with E-state index in [1.165, 1.54) is 34.9 Å². The van der Waals surface area contributed by atoms with E-state index >= 15 is 0 Å². The highest BCUT2D eigenvalue weighted by molar-refractivity contribution is 8.03. The molecule has 2 heterocycles. The van der Waals surface area contributed by atoms with E-state index in [0.717, 1.165) is 17.7 Å². The standard InChI is InChI=1S/C20H21ClN4O3S3/c1-2-9-22-17(26)11-29-19-24-25-20(31-19)30-12-18(27)23-10-15-7-8-16(28-15)13-3-5-14(21)6-4-13/h3-8H,2,9-12H2,1H3,(H,22,26)(H,23,27). The summed E-state index contributed by atoms with van der Waals surface area (Å²) in [6.07, 6.45) is 0.904. The van der Waals surface area contributed by atoms with E-state index in [0.29, 0.717) is 38.3 Å². The second kappa shape index (κ2) is 12.1. The molecule has 2 amide bonds. The van der Waals surface area contributed by atoms with Gasteiger partial charge in [-0.1, -0.05) is 53.4 Å². The van der Waals surface area contributed by atoms with E-state index in [9.17, 15) is 9.59 Å². The van der Waals surface area contributed by atoms with Crippen LogP contribution in [-0.4, -0.2) is 40.1 Å². The zero-order chi connectivity index (χ0) is 22.1. The van der Waals surface area contributed by atoms with E-state index < -0.39 is 0 Å². The van der Waals surface area contributed by atoms with Gasteiger partial charge in [-0.15, -0.1) is 10.2 Å². The van der Waals surface area contributed by atoms with Gasteiger partial charge in [-0.05, 0) is 42.8 Å². The van der Waals surface area contributed by atoms with E-state index in [1.54, 1.807) is 12.1 Å². The van der Waals surface area contributed by atoms with Crippen LogP contribution in [0, 0.1) is 0 Å². The number of carbonyl (C=O) groups is 2. The van der Waals surface area contributed by atoms with Crippen LogP contribution in [0.3, 0.4) is 0 Å². The molecule has 0 spiro atoms. The average molecular weight is 497 g/mol. The first-order valence-electron chi connectivity index (χ1n) is 9.50. The lowest BCUT2D eigenvalue weighted by Gasteiger charge is -2.02. The second-order valence-electron chi connectivity index (χ2n) is 6.31. The summed E-state index contributed by atoms with van der Waals surface area (Å²) < 4.78 is 7.17. The Morgan fingerprint density at radius 2 is 1.65 bits per heavy atom. The smallest absolute Gasteiger partial charge is 0.230 e. The fourth-order valence-electron chi connectivity index (χ4n) is 2.36. The summed E-state index contributed by atoms with van der Waals surface area (Å²) in [5.74, 6) is 1.77. The van der Waals surface area contributed by atoms with Crippen LogP contribution >= 0.6 is 46.5 Å². The minimum atomic E-state index is -0.127. The Balaban J connectivity index is 1.38. The normalized spacial score (nSPS) is 10.8. The van der Waals surface area contributed by atoms with Gasteiger partial charge in [-0.25, -0.2) is 0 Å². The first-order chi connectivity index (χ1) is 15.0. The van der Waals surface area contributed by atoms with Crippen LogP contribution in [0.15, 0.2) is 49.5 Å². The van der Waals surface area contributed by atoms with Gasteiger partial charge in [0.15, 0.2) is 8.68 Å². The largest absolute Gasteiger partial charge is 0.459 e. The highest BCUT2D eigenvalue weighted by Gasteiger charge is 2.11. The Morgan fingerprint density at radius 3 is 2.29 bits per heavy atom. The van der Waals surface area contributed by atoms with Gasteiger partial charge >= 0.3 is 0 Å². The van der Waals surface area contributed by atoms with Gasteiger partial charge in [0.25, 0.3) is 0 Å². The van der Waals surface area contributed by atoms with Crippen molar-refractivity contribution in [3.8, 4) is 11.3 Å². The number of benzene rings is 1. The lowest BCUT2D eigenvalue weighted by Crippen LogP contribution is -2.25. The number of furan rings is 1. The maximum Gasteiger partial charge on any atom is 0.230 e. The molecule has 0 unspecified atom stereocenters. The lowest BCUT2D eigenvalue weighted by atomic mass is 10.2. The number of halogens is 1. The van der Waals surface area contributed by atoms with Crippen molar-refractivity contribution in [2.24, 2.45) is 0 Å². The van der Waals surface area contributed by atoms with Crippen molar-refractivity contribution in [2.45, 2.75) is 28.6 Å². The predicted molar refractivity (Wildman–Crippen MR) is 126 cm³/mol. The molecule has 0 aliphatic rings. The quantitative estimate of drug-likeness (QED) is 0.378. The number of rotatable bonds is 11. The third kappa shape index (κ3) is 7.88. The number of nitrogens with zero attached hydrogens (tertiary/aromatic N) is 2. The molecule has 3 aromatic rings. The summed E-state index contributed by atoms with van der Waals surface area (Å²) >= 11 is 9.93. The molecule has 0 saturated carbocycles. The second-order valence-corrected chi connectivity index (χ2v) is 10.2.